The number of anilines is 6. The highest BCUT2D eigenvalue weighted by Gasteiger charge is 2.29. The average molecular weight is 935 g/mol. The van der Waals surface area contributed by atoms with Crippen molar-refractivity contribution in [3.05, 3.63) is 204 Å². The molecule has 0 saturated heterocycles. The maximum Gasteiger partial charge on any atom is 0.0641 e. The molecule has 4 nitrogen and oxygen atoms in total. The number of fused-ring (bicyclic) bond motifs is 12. The van der Waals surface area contributed by atoms with Crippen LogP contribution in [0.1, 0.15) is 101 Å². The predicted octanol–water partition coefficient (Wildman–Crippen LogP) is 19.9. The van der Waals surface area contributed by atoms with E-state index in [0.717, 1.165) is 49.9 Å². The number of hydrogen-bond acceptors (Lipinski definition) is 2. The van der Waals surface area contributed by atoms with Crippen LogP contribution in [-0.4, -0.2) is 8.80 Å². The minimum Gasteiger partial charge on any atom is -0.310 e. The van der Waals surface area contributed by atoms with E-state index in [1.807, 2.05) is 0 Å². The van der Waals surface area contributed by atoms with Gasteiger partial charge < -0.3 is 18.6 Å². The number of hydrogen-bond donors (Lipinski definition) is 0. The van der Waals surface area contributed by atoms with Gasteiger partial charge in [-0.05, 0) is 145 Å². The summed E-state index contributed by atoms with van der Waals surface area (Å²) in [4.78, 5) is 4.99. The molecule has 4 heteroatoms. The number of rotatable bonds is 14. The van der Waals surface area contributed by atoms with Crippen molar-refractivity contribution in [3.63, 3.8) is 0 Å². The lowest BCUT2D eigenvalue weighted by atomic mass is 9.97. The molecule has 0 N–H and O–H groups in total. The Labute approximate surface area is 423 Å². The summed E-state index contributed by atoms with van der Waals surface area (Å²) in [6, 6.07) is 69.3. The summed E-state index contributed by atoms with van der Waals surface area (Å²) < 4.78 is 5.25. The Morgan fingerprint density at radius 2 is 0.750 bits per heavy atom. The van der Waals surface area contributed by atoms with Crippen LogP contribution in [-0.2, 0) is 12.8 Å². The number of aryl methyl sites for hydroxylation is 2. The molecule has 4 aromatic heterocycles. The van der Waals surface area contributed by atoms with Gasteiger partial charge in [0.15, 0.2) is 0 Å². The van der Waals surface area contributed by atoms with Crippen LogP contribution in [0.15, 0.2) is 182 Å². The van der Waals surface area contributed by atoms with E-state index in [1.165, 1.54) is 121 Å². The summed E-state index contributed by atoms with van der Waals surface area (Å²) in [6.45, 7) is 13.7. The molecule has 0 spiro atoms. The molecule has 0 aliphatic heterocycles. The van der Waals surface area contributed by atoms with Gasteiger partial charge in [-0.1, -0.05) is 151 Å². The second-order valence-corrected chi connectivity index (χ2v) is 20.9. The van der Waals surface area contributed by atoms with Crippen molar-refractivity contribution in [1.29, 1.82) is 0 Å². The molecule has 0 fully saturated rings. The van der Waals surface area contributed by atoms with Crippen LogP contribution >= 0.6 is 0 Å². The Morgan fingerprint density at radius 1 is 0.361 bits per heavy atom. The first-order chi connectivity index (χ1) is 35.3. The number of nitrogens with zero attached hydrogens (tertiary/aromatic N) is 4. The molecule has 354 valence electrons. The molecule has 0 amide bonds. The Morgan fingerprint density at radius 3 is 1.12 bits per heavy atom. The van der Waals surface area contributed by atoms with Crippen molar-refractivity contribution in [2.24, 2.45) is 0 Å². The van der Waals surface area contributed by atoms with Crippen LogP contribution in [0.3, 0.4) is 0 Å². The third kappa shape index (κ3) is 6.71. The van der Waals surface area contributed by atoms with Gasteiger partial charge in [0.05, 0.1) is 44.5 Å². The molecule has 0 unspecified atom stereocenters. The maximum atomic E-state index is 2.62. The molecule has 0 aliphatic carbocycles. The molecule has 0 aliphatic rings. The summed E-state index contributed by atoms with van der Waals surface area (Å²) in [6.07, 6.45) is 6.67. The van der Waals surface area contributed by atoms with Crippen molar-refractivity contribution in [3.8, 4) is 0 Å². The molecule has 0 radical (unpaired) electrons. The summed E-state index contributed by atoms with van der Waals surface area (Å²) in [7, 11) is 0. The highest BCUT2D eigenvalue weighted by molar-refractivity contribution is 6.32. The number of unbranched alkanes of at least 4 members (excludes halogenated alkanes) is 2. The van der Waals surface area contributed by atoms with Crippen molar-refractivity contribution in [2.45, 2.75) is 91.9 Å². The fraction of sp³-hybridized carbons (Fsp3) is 0.206. The van der Waals surface area contributed by atoms with Crippen LogP contribution in [0.25, 0.3) is 76.2 Å². The molecule has 13 aromatic rings. The zero-order valence-electron chi connectivity index (χ0n) is 42.5. The summed E-state index contributed by atoms with van der Waals surface area (Å²) >= 11 is 0. The van der Waals surface area contributed by atoms with Crippen LogP contribution < -0.4 is 9.80 Å². The van der Waals surface area contributed by atoms with Gasteiger partial charge in [-0.3, -0.25) is 0 Å². The van der Waals surface area contributed by atoms with Crippen molar-refractivity contribution in [2.75, 3.05) is 9.80 Å². The molecule has 13 rings (SSSR count). The van der Waals surface area contributed by atoms with Gasteiger partial charge in [0, 0.05) is 65.8 Å². The van der Waals surface area contributed by atoms with Crippen molar-refractivity contribution >= 4 is 110 Å². The summed E-state index contributed by atoms with van der Waals surface area (Å²) in [5.41, 5.74) is 20.3. The van der Waals surface area contributed by atoms with Crippen LogP contribution in [0.4, 0.5) is 34.1 Å². The molecule has 9 aromatic carbocycles. The highest BCUT2D eigenvalue weighted by Crippen LogP contribution is 2.52. The molecule has 0 saturated carbocycles. The van der Waals surface area contributed by atoms with E-state index >= 15 is 0 Å². The van der Waals surface area contributed by atoms with Crippen LogP contribution in [0.5, 0.6) is 0 Å². The van der Waals surface area contributed by atoms with E-state index in [-0.39, 0.29) is 0 Å². The van der Waals surface area contributed by atoms with Gasteiger partial charge in [-0.15, -0.1) is 0 Å². The topological polar surface area (TPSA) is 15.3 Å². The largest absolute Gasteiger partial charge is 0.310 e. The van der Waals surface area contributed by atoms with E-state index in [1.54, 1.807) is 0 Å². The van der Waals surface area contributed by atoms with E-state index in [9.17, 15) is 0 Å². The highest BCUT2D eigenvalue weighted by atomic mass is 15.2. The van der Waals surface area contributed by atoms with Gasteiger partial charge in [-0.2, -0.15) is 0 Å². The minimum absolute atomic E-state index is 0.456. The SMILES string of the molecule is CCCCc1cccc2c1c1c(N(c3ccccc3)c3ccc(C(C)C)cc3)ccc3c4cc5c(cc4n2c31)c1ccc(N(c2ccccc2)c2ccc(C(C)C)cc2)c2c3c(CCCC)cccc3n5c12. The molecule has 0 atom stereocenters. The van der Waals surface area contributed by atoms with Crippen molar-refractivity contribution < 1.29 is 0 Å². The third-order valence-corrected chi connectivity index (χ3v) is 15.9. The number of para-hydroxylation sites is 2. The second kappa shape index (κ2) is 17.5. The Hall–Kier alpha value is -7.82. The Balaban J connectivity index is 1.13. The van der Waals surface area contributed by atoms with Crippen LogP contribution in [0, 0.1) is 0 Å². The zero-order valence-corrected chi connectivity index (χ0v) is 42.5. The second-order valence-electron chi connectivity index (χ2n) is 20.9. The molecule has 72 heavy (non-hydrogen) atoms. The Kier molecular flexibility index (Phi) is 10.7. The molecule has 0 bridgehead atoms. The van der Waals surface area contributed by atoms with Gasteiger partial charge >= 0.3 is 0 Å². The van der Waals surface area contributed by atoms with Crippen molar-refractivity contribution in [1.82, 2.24) is 8.80 Å². The normalized spacial score (nSPS) is 12.3. The number of benzene rings is 9. The monoisotopic (exact) mass is 934 g/mol. The zero-order chi connectivity index (χ0) is 48.8. The summed E-state index contributed by atoms with van der Waals surface area (Å²) in [5, 5.41) is 10.5. The average Bonchev–Trinajstić information content (AvgIpc) is 4.15. The lowest BCUT2D eigenvalue weighted by molar-refractivity contribution is 0.799. The first kappa shape index (κ1) is 44.1. The third-order valence-electron chi connectivity index (χ3n) is 15.9. The lowest BCUT2D eigenvalue weighted by Gasteiger charge is -2.27. The fourth-order valence-corrected chi connectivity index (χ4v) is 12.3. The Bertz CT molecular complexity index is 3830. The van der Waals surface area contributed by atoms with E-state index in [4.69, 9.17) is 0 Å². The first-order valence-electron chi connectivity index (χ1n) is 26.6. The van der Waals surface area contributed by atoms with Gasteiger partial charge in [0.25, 0.3) is 0 Å². The molecular weight excluding hydrogens is 873 g/mol. The maximum absolute atomic E-state index is 2.62. The minimum atomic E-state index is 0.456. The van der Waals surface area contributed by atoms with Gasteiger partial charge in [-0.25, -0.2) is 0 Å². The smallest absolute Gasteiger partial charge is 0.0641 e. The van der Waals surface area contributed by atoms with Gasteiger partial charge in [0.1, 0.15) is 0 Å². The summed E-state index contributed by atoms with van der Waals surface area (Å²) in [5.74, 6) is 0.913. The quantitative estimate of drug-likeness (QED) is 0.108. The van der Waals surface area contributed by atoms with Gasteiger partial charge in [0.2, 0.25) is 0 Å². The molecule has 4 heterocycles. The number of aromatic nitrogens is 2. The van der Waals surface area contributed by atoms with Crippen LogP contribution in [0.2, 0.25) is 0 Å². The lowest BCUT2D eigenvalue weighted by Crippen LogP contribution is -2.10. The predicted molar refractivity (Wildman–Crippen MR) is 311 cm³/mol. The molecular formula is C68H62N4. The fourth-order valence-electron chi connectivity index (χ4n) is 12.3. The van der Waals surface area contributed by atoms with E-state index in [2.05, 4.69) is 242 Å². The van der Waals surface area contributed by atoms with E-state index < -0.39 is 0 Å². The standard InChI is InChI=1S/C68H62N4/c1-7-9-19-47-21-17-27-57-63(47)65-59(69(49-23-13-11-14-24-49)51-33-29-45(30-34-51)43(3)4)39-37-53-55-42-62-56(41-61(55)71(57)67(53)65)54-38-40-60(66-64-48(20-10-8-2)22-18-28-58(64)72(62)68(54)66)70(50-25-15-12-16-26-50)52-35-31-46(32-36-52)44(5)6/h11-18,21-44H,7-10,19-20H2,1-6H3. The van der Waals surface area contributed by atoms with E-state index in [0.29, 0.717) is 11.8 Å². The first-order valence-corrected chi connectivity index (χ1v) is 26.6.